The maximum absolute atomic E-state index is 12.6. The van der Waals surface area contributed by atoms with Crippen LogP contribution in [0.25, 0.3) is 0 Å². The number of hydrogen-bond donors (Lipinski definition) is 0. The second-order valence-corrected chi connectivity index (χ2v) is 6.78. The summed E-state index contributed by atoms with van der Waals surface area (Å²) in [5.41, 5.74) is 1.71. The zero-order valence-electron chi connectivity index (χ0n) is 12.4. The Hall–Kier alpha value is -1.07. The Bertz CT molecular complexity index is 538. The van der Waals surface area contributed by atoms with Crippen LogP contribution in [0.4, 0.5) is 0 Å². The van der Waals surface area contributed by atoms with Crippen LogP contribution >= 0.6 is 0 Å². The molecule has 0 atom stereocenters. The van der Waals surface area contributed by atoms with E-state index in [0.29, 0.717) is 12.3 Å². The van der Waals surface area contributed by atoms with E-state index in [2.05, 4.69) is 0 Å². The maximum Gasteiger partial charge on any atom is 0.246 e. The lowest BCUT2D eigenvalue weighted by Gasteiger charge is -2.20. The standard InChI is InChI=1S/C14H23NO3S/c1-6-7-8-15(4)19(16,17)14-12(3)9-11(2)10-13(14)18-5/h9-10H,6-8H2,1-5H3. The molecule has 0 aliphatic heterocycles. The van der Waals surface area contributed by atoms with Gasteiger partial charge < -0.3 is 4.74 Å². The van der Waals surface area contributed by atoms with Crippen molar-refractivity contribution in [3.05, 3.63) is 23.3 Å². The van der Waals surface area contributed by atoms with E-state index in [-0.39, 0.29) is 4.90 Å². The van der Waals surface area contributed by atoms with Crippen molar-refractivity contribution in [2.75, 3.05) is 20.7 Å². The first-order valence-electron chi connectivity index (χ1n) is 6.46. The van der Waals surface area contributed by atoms with Crippen LogP contribution in [-0.4, -0.2) is 33.4 Å². The fraction of sp³-hybridized carbons (Fsp3) is 0.571. The van der Waals surface area contributed by atoms with Gasteiger partial charge in [-0.15, -0.1) is 0 Å². The summed E-state index contributed by atoms with van der Waals surface area (Å²) in [7, 11) is -0.379. The Balaban J connectivity index is 3.28. The molecule has 19 heavy (non-hydrogen) atoms. The number of nitrogens with zero attached hydrogens (tertiary/aromatic N) is 1. The van der Waals surface area contributed by atoms with Gasteiger partial charge in [0.05, 0.1) is 7.11 Å². The summed E-state index contributed by atoms with van der Waals surface area (Å²) in [5.74, 6) is 0.417. The summed E-state index contributed by atoms with van der Waals surface area (Å²) >= 11 is 0. The number of rotatable bonds is 6. The number of unbranched alkanes of at least 4 members (excludes halogenated alkanes) is 1. The van der Waals surface area contributed by atoms with Crippen LogP contribution in [0.15, 0.2) is 17.0 Å². The van der Waals surface area contributed by atoms with Gasteiger partial charge in [0.1, 0.15) is 10.6 Å². The fourth-order valence-corrected chi connectivity index (χ4v) is 3.60. The Labute approximate surface area is 116 Å². The molecule has 0 spiro atoms. The highest BCUT2D eigenvalue weighted by atomic mass is 32.2. The lowest BCUT2D eigenvalue weighted by molar-refractivity contribution is 0.396. The first-order chi connectivity index (χ1) is 8.84. The largest absolute Gasteiger partial charge is 0.495 e. The van der Waals surface area contributed by atoms with Gasteiger partial charge in [-0.05, 0) is 37.5 Å². The van der Waals surface area contributed by atoms with Gasteiger partial charge in [0.25, 0.3) is 0 Å². The third-order valence-electron chi connectivity index (χ3n) is 3.10. The molecule has 4 nitrogen and oxygen atoms in total. The summed E-state index contributed by atoms with van der Waals surface area (Å²) in [6.45, 7) is 6.29. The molecule has 0 fully saturated rings. The van der Waals surface area contributed by atoms with Gasteiger partial charge in [0.15, 0.2) is 0 Å². The predicted octanol–water partition coefficient (Wildman–Crippen LogP) is 2.73. The van der Waals surface area contributed by atoms with Crippen LogP contribution in [0.3, 0.4) is 0 Å². The number of sulfonamides is 1. The van der Waals surface area contributed by atoms with Crippen molar-refractivity contribution in [2.45, 2.75) is 38.5 Å². The second kappa shape index (κ2) is 6.39. The predicted molar refractivity (Wildman–Crippen MR) is 77.2 cm³/mol. The van der Waals surface area contributed by atoms with Crippen LogP contribution in [0.5, 0.6) is 5.75 Å². The van der Waals surface area contributed by atoms with Crippen LogP contribution in [0.1, 0.15) is 30.9 Å². The van der Waals surface area contributed by atoms with Gasteiger partial charge in [-0.1, -0.05) is 19.4 Å². The van der Waals surface area contributed by atoms with Crippen LogP contribution in [-0.2, 0) is 10.0 Å². The fourth-order valence-electron chi connectivity index (χ4n) is 2.05. The summed E-state index contributed by atoms with van der Waals surface area (Å²) < 4.78 is 31.8. The topological polar surface area (TPSA) is 46.6 Å². The number of ether oxygens (including phenoxy) is 1. The lowest BCUT2D eigenvalue weighted by atomic mass is 10.1. The SMILES string of the molecule is CCCCN(C)S(=O)(=O)c1c(C)cc(C)cc1OC. The number of benzene rings is 1. The van der Waals surface area contributed by atoms with Gasteiger partial charge in [-0.3, -0.25) is 0 Å². The van der Waals surface area contributed by atoms with Crippen molar-refractivity contribution in [3.63, 3.8) is 0 Å². The van der Waals surface area contributed by atoms with Gasteiger partial charge in [0, 0.05) is 13.6 Å². The molecule has 0 saturated carbocycles. The molecular formula is C14H23NO3S. The molecule has 1 rings (SSSR count). The van der Waals surface area contributed by atoms with Crippen LogP contribution < -0.4 is 4.74 Å². The zero-order valence-corrected chi connectivity index (χ0v) is 13.2. The van der Waals surface area contributed by atoms with Gasteiger partial charge in [-0.25, -0.2) is 12.7 Å². The Kier molecular flexibility index (Phi) is 5.38. The van der Waals surface area contributed by atoms with E-state index in [4.69, 9.17) is 4.74 Å². The quantitative estimate of drug-likeness (QED) is 0.807. The number of aryl methyl sites for hydroxylation is 2. The maximum atomic E-state index is 12.6. The Morgan fingerprint density at radius 3 is 2.42 bits per heavy atom. The molecule has 0 aliphatic carbocycles. The lowest BCUT2D eigenvalue weighted by Crippen LogP contribution is -2.29. The van der Waals surface area contributed by atoms with E-state index in [9.17, 15) is 8.42 Å². The molecule has 0 saturated heterocycles. The van der Waals surface area contributed by atoms with E-state index < -0.39 is 10.0 Å². The molecule has 108 valence electrons. The van der Waals surface area contributed by atoms with E-state index in [1.54, 1.807) is 20.0 Å². The molecule has 1 aromatic carbocycles. The molecule has 0 unspecified atom stereocenters. The summed E-state index contributed by atoms with van der Waals surface area (Å²) in [4.78, 5) is 0.277. The van der Waals surface area contributed by atoms with Crippen molar-refractivity contribution in [1.82, 2.24) is 4.31 Å². The van der Waals surface area contributed by atoms with Crippen LogP contribution in [0.2, 0.25) is 0 Å². The molecule has 0 amide bonds. The average Bonchev–Trinajstić information content (AvgIpc) is 2.34. The van der Waals surface area contributed by atoms with Gasteiger partial charge >= 0.3 is 0 Å². The molecule has 0 N–H and O–H groups in total. The molecule has 0 bridgehead atoms. The van der Waals surface area contributed by atoms with Crippen molar-refractivity contribution in [2.24, 2.45) is 0 Å². The first kappa shape index (κ1) is 16.0. The third kappa shape index (κ3) is 3.48. The Morgan fingerprint density at radius 1 is 1.26 bits per heavy atom. The highest BCUT2D eigenvalue weighted by Gasteiger charge is 2.26. The smallest absolute Gasteiger partial charge is 0.246 e. The average molecular weight is 285 g/mol. The Morgan fingerprint density at radius 2 is 1.89 bits per heavy atom. The monoisotopic (exact) mass is 285 g/mol. The first-order valence-corrected chi connectivity index (χ1v) is 7.90. The molecule has 5 heteroatoms. The van der Waals surface area contributed by atoms with Crippen molar-refractivity contribution >= 4 is 10.0 Å². The second-order valence-electron chi connectivity index (χ2n) is 4.79. The van der Waals surface area contributed by atoms with Gasteiger partial charge in [0.2, 0.25) is 10.0 Å². The van der Waals surface area contributed by atoms with Crippen molar-refractivity contribution < 1.29 is 13.2 Å². The molecule has 0 radical (unpaired) electrons. The van der Waals surface area contributed by atoms with E-state index in [1.807, 2.05) is 19.9 Å². The van der Waals surface area contributed by atoms with Gasteiger partial charge in [-0.2, -0.15) is 0 Å². The van der Waals surface area contributed by atoms with Crippen LogP contribution in [0, 0.1) is 13.8 Å². The molecule has 1 aromatic rings. The normalized spacial score (nSPS) is 11.9. The molecular weight excluding hydrogens is 262 g/mol. The number of methoxy groups -OCH3 is 1. The highest BCUT2D eigenvalue weighted by molar-refractivity contribution is 7.89. The summed E-state index contributed by atoms with van der Waals surface area (Å²) in [6, 6.07) is 3.62. The van der Waals surface area contributed by atoms with E-state index in [0.717, 1.165) is 24.0 Å². The van der Waals surface area contributed by atoms with E-state index >= 15 is 0 Å². The van der Waals surface area contributed by atoms with Crippen molar-refractivity contribution in [3.8, 4) is 5.75 Å². The molecule has 0 aliphatic rings. The molecule has 0 aromatic heterocycles. The minimum Gasteiger partial charge on any atom is -0.495 e. The summed E-state index contributed by atoms with van der Waals surface area (Å²) in [6.07, 6.45) is 1.81. The van der Waals surface area contributed by atoms with Crippen molar-refractivity contribution in [1.29, 1.82) is 0 Å². The highest BCUT2D eigenvalue weighted by Crippen LogP contribution is 2.30. The zero-order chi connectivity index (χ0) is 14.6. The minimum atomic E-state index is -3.49. The molecule has 0 heterocycles. The number of hydrogen-bond acceptors (Lipinski definition) is 3. The summed E-state index contributed by atoms with van der Waals surface area (Å²) in [5, 5.41) is 0. The minimum absolute atomic E-state index is 0.277. The third-order valence-corrected chi connectivity index (χ3v) is 5.14. The van der Waals surface area contributed by atoms with E-state index in [1.165, 1.54) is 11.4 Å².